The average molecular weight is 695 g/mol. The fraction of sp³-hybridized carbons (Fsp3) is 0.0769. The van der Waals surface area contributed by atoms with Crippen LogP contribution in [-0.2, 0) is 5.41 Å². The molecule has 2 nitrogen and oxygen atoms in total. The van der Waals surface area contributed by atoms with Crippen LogP contribution in [0.3, 0.4) is 0 Å². The molecule has 0 N–H and O–H groups in total. The van der Waals surface area contributed by atoms with Crippen LogP contribution in [0.1, 0.15) is 37.5 Å². The van der Waals surface area contributed by atoms with Crippen LogP contribution < -0.4 is 4.90 Å². The van der Waals surface area contributed by atoms with Crippen molar-refractivity contribution < 1.29 is 0 Å². The van der Waals surface area contributed by atoms with E-state index in [1.807, 2.05) is 0 Å². The summed E-state index contributed by atoms with van der Waals surface area (Å²) >= 11 is 0. The van der Waals surface area contributed by atoms with Gasteiger partial charge in [0, 0.05) is 38.9 Å². The summed E-state index contributed by atoms with van der Waals surface area (Å²) in [7, 11) is 0. The molecule has 0 bridgehead atoms. The molecule has 2 heteroatoms. The second-order valence-corrected chi connectivity index (χ2v) is 14.6. The zero-order valence-electron chi connectivity index (χ0n) is 31.0. The van der Waals surface area contributed by atoms with Crippen molar-refractivity contribution in [2.45, 2.75) is 26.2 Å². The second kappa shape index (κ2) is 13.4. The lowest BCUT2D eigenvalue weighted by atomic mass is 9.82. The van der Waals surface area contributed by atoms with Gasteiger partial charge in [-0.15, -0.1) is 0 Å². The summed E-state index contributed by atoms with van der Waals surface area (Å²) in [5, 5.41) is 2.50. The van der Waals surface area contributed by atoms with Crippen molar-refractivity contribution in [2.24, 2.45) is 0 Å². The van der Waals surface area contributed by atoms with E-state index in [0.29, 0.717) is 0 Å². The molecule has 9 rings (SSSR count). The fourth-order valence-electron chi connectivity index (χ4n) is 8.37. The van der Waals surface area contributed by atoms with Crippen LogP contribution in [0, 0.1) is 0 Å². The maximum absolute atomic E-state index is 4.66. The summed E-state index contributed by atoms with van der Waals surface area (Å²) in [5.74, 6) is 0. The van der Waals surface area contributed by atoms with E-state index >= 15 is 0 Å². The Hall–Kier alpha value is -6.64. The Morgan fingerprint density at radius 3 is 1.96 bits per heavy atom. The number of fused-ring (bicyclic) bond motifs is 6. The van der Waals surface area contributed by atoms with Crippen molar-refractivity contribution >= 4 is 38.8 Å². The fourth-order valence-corrected chi connectivity index (χ4v) is 8.37. The smallest absolute Gasteiger partial charge is 0.0541 e. The number of allylic oxidation sites excluding steroid dienone is 4. The maximum Gasteiger partial charge on any atom is 0.0541 e. The minimum atomic E-state index is -0.109. The number of hydrogen-bond donors (Lipinski definition) is 0. The highest BCUT2D eigenvalue weighted by Gasteiger charge is 2.35. The van der Waals surface area contributed by atoms with Crippen molar-refractivity contribution in [1.29, 1.82) is 0 Å². The van der Waals surface area contributed by atoms with Crippen LogP contribution in [0.25, 0.3) is 55.3 Å². The zero-order valence-corrected chi connectivity index (χ0v) is 31.0. The van der Waals surface area contributed by atoms with Crippen LogP contribution in [0.2, 0.25) is 0 Å². The van der Waals surface area contributed by atoms with Gasteiger partial charge in [-0.2, -0.15) is 0 Å². The molecule has 1 heterocycles. The molecule has 0 atom stereocenters. The molecule has 1 aromatic heterocycles. The van der Waals surface area contributed by atoms with Gasteiger partial charge in [0.15, 0.2) is 0 Å². The van der Waals surface area contributed by atoms with Gasteiger partial charge in [0.2, 0.25) is 0 Å². The van der Waals surface area contributed by atoms with E-state index in [9.17, 15) is 0 Å². The Morgan fingerprint density at radius 2 is 1.19 bits per heavy atom. The third-order valence-electron chi connectivity index (χ3n) is 11.1. The first-order valence-electron chi connectivity index (χ1n) is 18.7. The molecule has 1 aliphatic rings. The minimum Gasteiger partial charge on any atom is -0.311 e. The quantitative estimate of drug-likeness (QED) is 0.144. The summed E-state index contributed by atoms with van der Waals surface area (Å²) in [6, 6.07) is 61.3. The van der Waals surface area contributed by atoms with Gasteiger partial charge < -0.3 is 9.47 Å². The van der Waals surface area contributed by atoms with Crippen LogP contribution in [-0.4, -0.2) is 4.57 Å². The van der Waals surface area contributed by atoms with Crippen molar-refractivity contribution in [1.82, 2.24) is 4.57 Å². The molecular formula is C52H42N2. The number of rotatable bonds is 8. The van der Waals surface area contributed by atoms with Gasteiger partial charge in [-0.25, -0.2) is 0 Å². The Balaban J connectivity index is 1.12. The molecule has 8 aromatic rings. The van der Waals surface area contributed by atoms with Gasteiger partial charge in [0.1, 0.15) is 0 Å². The highest BCUT2D eigenvalue weighted by Crippen LogP contribution is 2.50. The van der Waals surface area contributed by atoms with Gasteiger partial charge in [-0.05, 0) is 112 Å². The first-order chi connectivity index (χ1) is 26.4. The highest BCUT2D eigenvalue weighted by atomic mass is 15.1. The van der Waals surface area contributed by atoms with E-state index in [-0.39, 0.29) is 5.41 Å². The molecule has 0 radical (unpaired) electrons. The van der Waals surface area contributed by atoms with E-state index in [4.69, 9.17) is 0 Å². The zero-order chi connectivity index (χ0) is 36.8. The molecule has 0 fully saturated rings. The number of aromatic nitrogens is 1. The topological polar surface area (TPSA) is 8.17 Å². The second-order valence-electron chi connectivity index (χ2n) is 14.6. The predicted octanol–water partition coefficient (Wildman–Crippen LogP) is 14.1. The third kappa shape index (κ3) is 5.59. The third-order valence-corrected chi connectivity index (χ3v) is 11.1. The van der Waals surface area contributed by atoms with Gasteiger partial charge >= 0.3 is 0 Å². The molecule has 0 unspecified atom stereocenters. The Labute approximate surface area is 318 Å². The number of hydrogen-bond acceptors (Lipinski definition) is 1. The van der Waals surface area contributed by atoms with E-state index in [1.54, 1.807) is 0 Å². The van der Waals surface area contributed by atoms with E-state index < -0.39 is 0 Å². The van der Waals surface area contributed by atoms with E-state index in [2.05, 4.69) is 225 Å². The van der Waals surface area contributed by atoms with Crippen molar-refractivity contribution in [3.05, 3.63) is 217 Å². The Bertz CT molecular complexity index is 2740. The first kappa shape index (κ1) is 33.2. The molecular weight excluding hydrogens is 653 g/mol. The van der Waals surface area contributed by atoms with E-state index in [0.717, 1.165) is 22.6 Å². The number of nitrogens with zero attached hydrogens (tertiary/aromatic N) is 2. The Kier molecular flexibility index (Phi) is 8.24. The largest absolute Gasteiger partial charge is 0.311 e. The molecule has 1 aliphatic carbocycles. The molecule has 0 saturated heterocycles. The maximum atomic E-state index is 4.66. The van der Waals surface area contributed by atoms with Gasteiger partial charge in [-0.3, -0.25) is 0 Å². The molecule has 54 heavy (non-hydrogen) atoms. The monoisotopic (exact) mass is 694 g/mol. The standard InChI is InChI=1S/C52H42N2/c1-5-37(38-16-8-6-9-17-38)25-24-36(2)53(43-31-32-45-44-20-12-14-22-48(44)52(3,4)49(45)35-43)42-29-26-39(27-30-42)40-28-33-51-47(34-40)46-21-13-15-23-50(46)54(51)41-18-10-7-11-19-41/h5-35H,2H2,1,3-4H3/b25-24-,37-5+. The van der Waals surface area contributed by atoms with Gasteiger partial charge in [0.25, 0.3) is 0 Å². The predicted molar refractivity (Wildman–Crippen MR) is 231 cm³/mol. The van der Waals surface area contributed by atoms with Crippen molar-refractivity contribution in [3.8, 4) is 27.9 Å². The lowest BCUT2D eigenvalue weighted by molar-refractivity contribution is 0.660. The molecule has 260 valence electrons. The lowest BCUT2D eigenvalue weighted by Gasteiger charge is -2.28. The van der Waals surface area contributed by atoms with Crippen LogP contribution >= 0.6 is 0 Å². The van der Waals surface area contributed by atoms with Gasteiger partial charge in [-0.1, -0.05) is 148 Å². The normalized spacial score (nSPS) is 13.4. The van der Waals surface area contributed by atoms with E-state index in [1.165, 1.54) is 66.4 Å². The highest BCUT2D eigenvalue weighted by molar-refractivity contribution is 6.10. The van der Waals surface area contributed by atoms with Crippen LogP contribution in [0.4, 0.5) is 11.4 Å². The Morgan fingerprint density at radius 1 is 0.556 bits per heavy atom. The molecule has 7 aromatic carbocycles. The number of anilines is 2. The summed E-state index contributed by atoms with van der Waals surface area (Å²) < 4.78 is 2.36. The van der Waals surface area contributed by atoms with Gasteiger partial charge in [0.05, 0.1) is 11.0 Å². The minimum absolute atomic E-state index is 0.109. The summed E-state index contributed by atoms with van der Waals surface area (Å²) in [4.78, 5) is 2.29. The summed E-state index contributed by atoms with van der Waals surface area (Å²) in [6.45, 7) is 11.4. The van der Waals surface area contributed by atoms with Crippen LogP contribution in [0.5, 0.6) is 0 Å². The summed E-state index contributed by atoms with van der Waals surface area (Å²) in [5.41, 5.74) is 16.5. The first-order valence-corrected chi connectivity index (χ1v) is 18.7. The SMILES string of the molecule is C=C(/C=C\C(=C/C)c1ccccc1)N(c1ccc(-c2ccc3c(c2)c2ccccc2n3-c2ccccc2)cc1)c1ccc2c(c1)C(C)(C)c1ccccc1-2. The lowest BCUT2D eigenvalue weighted by Crippen LogP contribution is -2.18. The molecule has 0 amide bonds. The summed E-state index contributed by atoms with van der Waals surface area (Å²) in [6.07, 6.45) is 6.47. The van der Waals surface area contributed by atoms with Crippen molar-refractivity contribution in [2.75, 3.05) is 4.90 Å². The molecule has 0 spiro atoms. The average Bonchev–Trinajstić information content (AvgIpc) is 3.67. The van der Waals surface area contributed by atoms with Crippen LogP contribution in [0.15, 0.2) is 200 Å². The number of benzene rings is 7. The molecule has 0 saturated carbocycles. The van der Waals surface area contributed by atoms with Crippen molar-refractivity contribution in [3.63, 3.8) is 0 Å². The number of para-hydroxylation sites is 2. The molecule has 0 aliphatic heterocycles.